The molecule has 0 bridgehead atoms. The van der Waals surface area contributed by atoms with Crippen LogP contribution in [0, 0.1) is 12.3 Å². The second kappa shape index (κ2) is 8.01. The Kier molecular flexibility index (Phi) is 5.63. The topological polar surface area (TPSA) is 73.2 Å². The number of carbonyl (C=O) groups is 1. The van der Waals surface area contributed by atoms with Gasteiger partial charge in [0, 0.05) is 32.7 Å². The highest BCUT2D eigenvalue weighted by molar-refractivity contribution is 5.97. The minimum Gasteiger partial charge on any atom is -0.507 e. The second-order valence-electron chi connectivity index (χ2n) is 8.98. The van der Waals surface area contributed by atoms with Crippen molar-refractivity contribution in [2.45, 2.75) is 51.2 Å². The Morgan fingerprint density at radius 3 is 2.64 bits per heavy atom. The summed E-state index contributed by atoms with van der Waals surface area (Å²) in [5.74, 6) is -0.00908. The van der Waals surface area contributed by atoms with Gasteiger partial charge in [0.2, 0.25) is 0 Å². The van der Waals surface area contributed by atoms with E-state index in [4.69, 9.17) is 4.74 Å². The number of aliphatic hydroxyl groups excluding tert-OH is 1. The first-order valence-electron chi connectivity index (χ1n) is 10.6. The number of likely N-dealkylation sites (tertiary alicyclic amines) is 2. The van der Waals surface area contributed by atoms with Crippen LogP contribution < -0.4 is 0 Å². The molecule has 3 aliphatic rings. The number of aromatic hydroxyl groups is 1. The molecule has 0 unspecified atom stereocenters. The van der Waals surface area contributed by atoms with Crippen LogP contribution in [0.4, 0.5) is 0 Å². The van der Waals surface area contributed by atoms with Crippen molar-refractivity contribution in [1.82, 2.24) is 9.80 Å². The quantitative estimate of drug-likeness (QED) is 0.830. The number of hydrogen-bond donors (Lipinski definition) is 2. The monoisotopic (exact) mass is 388 g/mol. The van der Waals surface area contributed by atoms with Crippen LogP contribution >= 0.6 is 0 Å². The van der Waals surface area contributed by atoms with Crippen LogP contribution in [0.15, 0.2) is 18.2 Å². The van der Waals surface area contributed by atoms with E-state index in [2.05, 4.69) is 4.90 Å². The summed E-state index contributed by atoms with van der Waals surface area (Å²) in [6.07, 6.45) is 4.83. The molecule has 0 aromatic heterocycles. The smallest absolute Gasteiger partial charge is 0.257 e. The predicted molar refractivity (Wildman–Crippen MR) is 106 cm³/mol. The van der Waals surface area contributed by atoms with Gasteiger partial charge in [0.25, 0.3) is 5.91 Å². The number of ether oxygens (including phenoxy) is 1. The van der Waals surface area contributed by atoms with Gasteiger partial charge in [-0.3, -0.25) is 4.79 Å². The molecule has 1 amide bonds. The molecule has 154 valence electrons. The maximum absolute atomic E-state index is 12.8. The number of amides is 1. The fraction of sp³-hybridized carbons (Fsp3) is 0.682. The van der Waals surface area contributed by atoms with Crippen LogP contribution in [0.5, 0.6) is 5.75 Å². The molecule has 1 atom stereocenters. The average Bonchev–Trinajstić information content (AvgIpc) is 3.08. The van der Waals surface area contributed by atoms with E-state index in [-0.39, 0.29) is 29.3 Å². The van der Waals surface area contributed by atoms with Crippen molar-refractivity contribution in [2.75, 3.05) is 39.3 Å². The van der Waals surface area contributed by atoms with Crippen molar-refractivity contribution in [1.29, 1.82) is 0 Å². The standard InChI is InChI=1S/C22H32N2O4/c1-16-2-3-20(26)19(12-16)21(27)24-10-6-22(7-11-24)13-18(28-15-22)14-23-8-4-17(25)5-9-23/h2-3,12,17-18,25-26H,4-11,13-15H2,1H3/t18-/m0/s1. The summed E-state index contributed by atoms with van der Waals surface area (Å²) in [7, 11) is 0. The van der Waals surface area contributed by atoms with Gasteiger partial charge >= 0.3 is 0 Å². The number of piperidine rings is 2. The van der Waals surface area contributed by atoms with Gasteiger partial charge in [-0.05, 0) is 56.6 Å². The molecule has 1 spiro atoms. The summed E-state index contributed by atoms with van der Waals surface area (Å²) in [6, 6.07) is 5.19. The molecule has 3 saturated heterocycles. The van der Waals surface area contributed by atoms with Crippen LogP contribution in [0.1, 0.15) is 48.0 Å². The lowest BCUT2D eigenvalue weighted by atomic mass is 9.76. The number of nitrogens with zero attached hydrogens (tertiary/aromatic N) is 2. The van der Waals surface area contributed by atoms with Crippen LogP contribution in [0.3, 0.4) is 0 Å². The van der Waals surface area contributed by atoms with Crippen molar-refractivity contribution in [3.05, 3.63) is 29.3 Å². The molecule has 28 heavy (non-hydrogen) atoms. The van der Waals surface area contributed by atoms with Gasteiger partial charge in [-0.15, -0.1) is 0 Å². The van der Waals surface area contributed by atoms with E-state index in [0.717, 1.165) is 77.0 Å². The number of rotatable bonds is 3. The molecule has 3 aliphatic heterocycles. The lowest BCUT2D eigenvalue weighted by molar-refractivity contribution is 0.0302. The fourth-order valence-corrected chi connectivity index (χ4v) is 4.93. The SMILES string of the molecule is Cc1ccc(O)c(C(=O)N2CCC3(CC2)CO[C@H](CN2CCC(O)CC2)C3)c1. The number of aliphatic hydroxyl groups is 1. The van der Waals surface area contributed by atoms with E-state index in [1.165, 1.54) is 0 Å². The molecule has 6 heteroatoms. The minimum atomic E-state index is -0.137. The van der Waals surface area contributed by atoms with E-state index in [0.29, 0.717) is 5.56 Å². The van der Waals surface area contributed by atoms with Gasteiger partial charge in [-0.1, -0.05) is 11.6 Å². The first-order chi connectivity index (χ1) is 13.4. The molecule has 3 fully saturated rings. The molecule has 0 aliphatic carbocycles. The Hall–Kier alpha value is -1.63. The van der Waals surface area contributed by atoms with Crippen LogP contribution in [-0.4, -0.2) is 77.5 Å². The maximum Gasteiger partial charge on any atom is 0.257 e. The van der Waals surface area contributed by atoms with Gasteiger partial charge in [0.15, 0.2) is 0 Å². The summed E-state index contributed by atoms with van der Waals surface area (Å²) in [5.41, 5.74) is 1.57. The summed E-state index contributed by atoms with van der Waals surface area (Å²) in [5, 5.41) is 19.7. The molecule has 3 heterocycles. The largest absolute Gasteiger partial charge is 0.507 e. The van der Waals surface area contributed by atoms with Crippen molar-refractivity contribution >= 4 is 5.91 Å². The Bertz CT molecular complexity index is 706. The molecule has 1 aromatic rings. The lowest BCUT2D eigenvalue weighted by Crippen LogP contribution is -2.44. The van der Waals surface area contributed by atoms with Gasteiger partial charge in [-0.2, -0.15) is 0 Å². The second-order valence-corrected chi connectivity index (χ2v) is 8.98. The molecule has 1 aromatic carbocycles. The molecular weight excluding hydrogens is 356 g/mol. The highest BCUT2D eigenvalue weighted by Gasteiger charge is 2.43. The lowest BCUT2D eigenvalue weighted by Gasteiger charge is -2.38. The van der Waals surface area contributed by atoms with E-state index in [1.807, 2.05) is 17.9 Å². The van der Waals surface area contributed by atoms with Crippen molar-refractivity contribution in [3.63, 3.8) is 0 Å². The Balaban J connectivity index is 1.30. The van der Waals surface area contributed by atoms with Crippen molar-refractivity contribution in [3.8, 4) is 5.75 Å². The molecule has 2 N–H and O–H groups in total. The third-order valence-corrected chi connectivity index (χ3v) is 6.80. The Morgan fingerprint density at radius 1 is 1.21 bits per heavy atom. The zero-order valence-corrected chi connectivity index (χ0v) is 16.8. The summed E-state index contributed by atoms with van der Waals surface area (Å²) in [4.78, 5) is 17.1. The van der Waals surface area contributed by atoms with Crippen LogP contribution in [0.25, 0.3) is 0 Å². The molecular formula is C22H32N2O4. The predicted octanol–water partition coefficient (Wildman–Crippen LogP) is 2.17. The third kappa shape index (κ3) is 4.19. The first kappa shape index (κ1) is 19.7. The maximum atomic E-state index is 12.8. The number of carbonyl (C=O) groups excluding carboxylic acids is 1. The molecule has 6 nitrogen and oxygen atoms in total. The van der Waals surface area contributed by atoms with Gasteiger partial charge in [0.1, 0.15) is 5.75 Å². The zero-order valence-electron chi connectivity index (χ0n) is 16.8. The van der Waals surface area contributed by atoms with Crippen LogP contribution in [-0.2, 0) is 4.74 Å². The Labute approximate surface area is 167 Å². The average molecular weight is 389 g/mol. The first-order valence-corrected chi connectivity index (χ1v) is 10.6. The van der Waals surface area contributed by atoms with Gasteiger partial charge in [0.05, 0.1) is 24.4 Å². The number of hydrogen-bond acceptors (Lipinski definition) is 5. The Morgan fingerprint density at radius 2 is 1.93 bits per heavy atom. The zero-order chi connectivity index (χ0) is 19.7. The number of aryl methyl sites for hydroxylation is 1. The summed E-state index contributed by atoms with van der Waals surface area (Å²) >= 11 is 0. The van der Waals surface area contributed by atoms with E-state index >= 15 is 0 Å². The summed E-state index contributed by atoms with van der Waals surface area (Å²) < 4.78 is 6.14. The number of benzene rings is 1. The highest BCUT2D eigenvalue weighted by atomic mass is 16.5. The van der Waals surface area contributed by atoms with Gasteiger partial charge in [-0.25, -0.2) is 0 Å². The van der Waals surface area contributed by atoms with E-state index < -0.39 is 0 Å². The highest BCUT2D eigenvalue weighted by Crippen LogP contribution is 2.42. The van der Waals surface area contributed by atoms with Crippen molar-refractivity contribution in [2.24, 2.45) is 5.41 Å². The normalized spacial score (nSPS) is 26.1. The molecule has 0 saturated carbocycles. The number of phenols is 1. The van der Waals surface area contributed by atoms with Crippen molar-refractivity contribution < 1.29 is 19.7 Å². The van der Waals surface area contributed by atoms with E-state index in [9.17, 15) is 15.0 Å². The molecule has 0 radical (unpaired) electrons. The van der Waals surface area contributed by atoms with Gasteiger partial charge < -0.3 is 24.7 Å². The van der Waals surface area contributed by atoms with Crippen LogP contribution in [0.2, 0.25) is 0 Å². The summed E-state index contributed by atoms with van der Waals surface area (Å²) in [6.45, 7) is 7.02. The van der Waals surface area contributed by atoms with E-state index in [1.54, 1.807) is 12.1 Å². The molecule has 4 rings (SSSR count). The minimum absolute atomic E-state index is 0.0619. The fourth-order valence-electron chi connectivity index (χ4n) is 4.93. The third-order valence-electron chi connectivity index (χ3n) is 6.80. The number of phenolic OH excluding ortho intramolecular Hbond substituents is 1.